The standard InChI is InChI=1S/C15H32N2/c1-13(2)8-6-7-10-17-11-9-16-14(12-17)15(3,4)5/h13-14,16H,6-12H2,1-5H3. The molecular formula is C15H32N2. The Labute approximate surface area is 108 Å². The lowest BCUT2D eigenvalue weighted by Crippen LogP contribution is -2.55. The minimum atomic E-state index is 0.386. The summed E-state index contributed by atoms with van der Waals surface area (Å²) in [6, 6.07) is 0.654. The van der Waals surface area contributed by atoms with Crippen LogP contribution >= 0.6 is 0 Å². The molecule has 0 aromatic carbocycles. The van der Waals surface area contributed by atoms with Crippen LogP contribution in [-0.2, 0) is 0 Å². The molecular weight excluding hydrogens is 208 g/mol. The highest BCUT2D eigenvalue weighted by molar-refractivity contribution is 4.87. The second kappa shape index (κ2) is 6.75. The van der Waals surface area contributed by atoms with Gasteiger partial charge in [0.2, 0.25) is 0 Å². The van der Waals surface area contributed by atoms with E-state index in [4.69, 9.17) is 0 Å². The van der Waals surface area contributed by atoms with Crippen LogP contribution in [0, 0.1) is 11.3 Å². The highest BCUT2D eigenvalue weighted by Crippen LogP contribution is 2.22. The van der Waals surface area contributed by atoms with Crippen molar-refractivity contribution in [3.63, 3.8) is 0 Å². The molecule has 1 unspecified atom stereocenters. The SMILES string of the molecule is CC(C)CCCCN1CCNC(C(C)(C)C)C1. The highest BCUT2D eigenvalue weighted by atomic mass is 15.2. The van der Waals surface area contributed by atoms with Crippen LogP contribution in [0.3, 0.4) is 0 Å². The van der Waals surface area contributed by atoms with Crippen molar-refractivity contribution in [2.24, 2.45) is 11.3 Å². The molecule has 1 fully saturated rings. The average molecular weight is 240 g/mol. The van der Waals surface area contributed by atoms with Crippen LogP contribution < -0.4 is 5.32 Å². The summed E-state index contributed by atoms with van der Waals surface area (Å²) in [6.45, 7) is 16.6. The number of nitrogens with one attached hydrogen (secondary N) is 1. The van der Waals surface area contributed by atoms with Crippen LogP contribution in [0.1, 0.15) is 53.9 Å². The Morgan fingerprint density at radius 2 is 1.94 bits per heavy atom. The fraction of sp³-hybridized carbons (Fsp3) is 1.00. The first kappa shape index (κ1) is 15.0. The molecule has 1 N–H and O–H groups in total. The summed E-state index contributed by atoms with van der Waals surface area (Å²) in [6.07, 6.45) is 4.14. The van der Waals surface area contributed by atoms with Crippen molar-refractivity contribution < 1.29 is 0 Å². The summed E-state index contributed by atoms with van der Waals surface area (Å²) >= 11 is 0. The van der Waals surface area contributed by atoms with Gasteiger partial charge < -0.3 is 10.2 Å². The van der Waals surface area contributed by atoms with Crippen molar-refractivity contribution in [1.82, 2.24) is 10.2 Å². The number of hydrogen-bond acceptors (Lipinski definition) is 2. The first-order chi connectivity index (χ1) is 7.89. The normalized spacial score (nSPS) is 23.3. The van der Waals surface area contributed by atoms with E-state index < -0.39 is 0 Å². The van der Waals surface area contributed by atoms with Gasteiger partial charge in [0.25, 0.3) is 0 Å². The van der Waals surface area contributed by atoms with Crippen molar-refractivity contribution in [2.45, 2.75) is 59.9 Å². The number of hydrogen-bond donors (Lipinski definition) is 1. The molecule has 2 heteroatoms. The summed E-state index contributed by atoms with van der Waals surface area (Å²) in [5.41, 5.74) is 0.386. The van der Waals surface area contributed by atoms with Crippen LogP contribution in [0.25, 0.3) is 0 Å². The van der Waals surface area contributed by atoms with Crippen molar-refractivity contribution in [2.75, 3.05) is 26.2 Å². The molecule has 2 nitrogen and oxygen atoms in total. The molecule has 0 amide bonds. The summed E-state index contributed by atoms with van der Waals surface area (Å²) in [4.78, 5) is 2.65. The Morgan fingerprint density at radius 1 is 1.24 bits per heavy atom. The number of nitrogens with zero attached hydrogens (tertiary/aromatic N) is 1. The lowest BCUT2D eigenvalue weighted by atomic mass is 9.85. The quantitative estimate of drug-likeness (QED) is 0.743. The molecule has 1 rings (SSSR count). The van der Waals surface area contributed by atoms with Gasteiger partial charge in [-0.15, -0.1) is 0 Å². The molecule has 0 spiro atoms. The van der Waals surface area contributed by atoms with E-state index in [9.17, 15) is 0 Å². The van der Waals surface area contributed by atoms with E-state index >= 15 is 0 Å². The second-order valence-corrected chi connectivity index (χ2v) is 7.06. The van der Waals surface area contributed by atoms with Gasteiger partial charge in [0.05, 0.1) is 0 Å². The average Bonchev–Trinajstić information content (AvgIpc) is 2.23. The number of rotatable bonds is 5. The van der Waals surface area contributed by atoms with Crippen molar-refractivity contribution in [3.05, 3.63) is 0 Å². The van der Waals surface area contributed by atoms with Gasteiger partial charge in [-0.05, 0) is 24.3 Å². The van der Waals surface area contributed by atoms with E-state index in [0.717, 1.165) is 12.5 Å². The van der Waals surface area contributed by atoms with Gasteiger partial charge in [-0.3, -0.25) is 0 Å². The van der Waals surface area contributed by atoms with Crippen LogP contribution in [0.15, 0.2) is 0 Å². The lowest BCUT2D eigenvalue weighted by Gasteiger charge is -2.40. The largest absolute Gasteiger partial charge is 0.311 e. The van der Waals surface area contributed by atoms with Crippen LogP contribution in [0.4, 0.5) is 0 Å². The van der Waals surface area contributed by atoms with Gasteiger partial charge >= 0.3 is 0 Å². The zero-order valence-electron chi connectivity index (χ0n) is 12.6. The predicted octanol–water partition coefficient (Wildman–Crippen LogP) is 3.13. The van der Waals surface area contributed by atoms with Gasteiger partial charge in [0.1, 0.15) is 0 Å². The third kappa shape index (κ3) is 5.87. The molecule has 0 radical (unpaired) electrons. The second-order valence-electron chi connectivity index (χ2n) is 7.06. The van der Waals surface area contributed by atoms with Gasteiger partial charge in [-0.25, -0.2) is 0 Å². The Hall–Kier alpha value is -0.0800. The van der Waals surface area contributed by atoms with Crippen LogP contribution in [0.2, 0.25) is 0 Å². The van der Waals surface area contributed by atoms with Crippen molar-refractivity contribution in [3.8, 4) is 0 Å². The molecule has 0 bridgehead atoms. The summed E-state index contributed by atoms with van der Waals surface area (Å²) in [5.74, 6) is 0.861. The number of unbranched alkanes of at least 4 members (excludes halogenated alkanes) is 1. The Kier molecular flexibility index (Phi) is 5.94. The predicted molar refractivity (Wildman–Crippen MR) is 76.4 cm³/mol. The fourth-order valence-electron chi connectivity index (χ4n) is 2.48. The molecule has 1 aliphatic heterocycles. The first-order valence-electron chi connectivity index (χ1n) is 7.35. The maximum atomic E-state index is 3.66. The maximum absolute atomic E-state index is 3.66. The van der Waals surface area contributed by atoms with Gasteiger partial charge in [-0.2, -0.15) is 0 Å². The first-order valence-corrected chi connectivity index (χ1v) is 7.35. The molecule has 17 heavy (non-hydrogen) atoms. The Bertz CT molecular complexity index is 205. The summed E-state index contributed by atoms with van der Waals surface area (Å²) in [5, 5.41) is 3.66. The summed E-state index contributed by atoms with van der Waals surface area (Å²) in [7, 11) is 0. The van der Waals surface area contributed by atoms with Crippen LogP contribution in [-0.4, -0.2) is 37.1 Å². The Balaban J connectivity index is 2.21. The zero-order chi connectivity index (χ0) is 12.9. The van der Waals surface area contributed by atoms with E-state index in [2.05, 4.69) is 44.8 Å². The van der Waals surface area contributed by atoms with Gasteiger partial charge in [0.15, 0.2) is 0 Å². The molecule has 0 aliphatic carbocycles. The summed E-state index contributed by atoms with van der Waals surface area (Å²) < 4.78 is 0. The molecule has 1 saturated heterocycles. The molecule has 0 aromatic heterocycles. The lowest BCUT2D eigenvalue weighted by molar-refractivity contribution is 0.132. The number of piperazine rings is 1. The molecule has 0 saturated carbocycles. The van der Waals surface area contributed by atoms with Gasteiger partial charge in [-0.1, -0.05) is 47.5 Å². The molecule has 0 aromatic rings. The molecule has 102 valence electrons. The smallest absolute Gasteiger partial charge is 0.0244 e. The van der Waals surface area contributed by atoms with E-state index in [0.29, 0.717) is 11.5 Å². The topological polar surface area (TPSA) is 15.3 Å². The fourth-order valence-corrected chi connectivity index (χ4v) is 2.48. The van der Waals surface area contributed by atoms with Crippen molar-refractivity contribution >= 4 is 0 Å². The minimum Gasteiger partial charge on any atom is -0.311 e. The third-order valence-electron chi connectivity index (χ3n) is 3.81. The third-order valence-corrected chi connectivity index (χ3v) is 3.81. The van der Waals surface area contributed by atoms with Crippen molar-refractivity contribution in [1.29, 1.82) is 0 Å². The maximum Gasteiger partial charge on any atom is 0.0244 e. The van der Waals surface area contributed by atoms with Gasteiger partial charge in [0, 0.05) is 25.7 Å². The van der Waals surface area contributed by atoms with E-state index in [-0.39, 0.29) is 0 Å². The zero-order valence-corrected chi connectivity index (χ0v) is 12.6. The van der Waals surface area contributed by atoms with E-state index in [1.807, 2.05) is 0 Å². The molecule has 1 atom stereocenters. The monoisotopic (exact) mass is 240 g/mol. The van der Waals surface area contributed by atoms with E-state index in [1.54, 1.807) is 0 Å². The molecule has 1 aliphatic rings. The Morgan fingerprint density at radius 3 is 2.53 bits per heavy atom. The highest BCUT2D eigenvalue weighted by Gasteiger charge is 2.28. The van der Waals surface area contributed by atoms with Crippen LogP contribution in [0.5, 0.6) is 0 Å². The molecule has 1 heterocycles. The van der Waals surface area contributed by atoms with E-state index in [1.165, 1.54) is 38.9 Å². The minimum absolute atomic E-state index is 0.386.